The van der Waals surface area contributed by atoms with E-state index in [0.29, 0.717) is 17.1 Å². The van der Waals surface area contributed by atoms with E-state index in [1.807, 2.05) is 11.8 Å². The fourth-order valence-electron chi connectivity index (χ4n) is 2.91. The Bertz CT molecular complexity index is 590. The first-order valence-corrected chi connectivity index (χ1v) is 8.70. The highest BCUT2D eigenvalue weighted by Gasteiger charge is 2.34. The number of nitrogens with zero attached hydrogens (tertiary/aromatic N) is 1. The maximum Gasteiger partial charge on any atom is 0.317 e. The number of carbonyl (C=O) groups is 2. The summed E-state index contributed by atoms with van der Waals surface area (Å²) in [5.41, 5.74) is 0.681. The number of halogens is 1. The molecule has 7 nitrogen and oxygen atoms in total. The number of nitrogens with one attached hydrogen (secondary N) is 2. The summed E-state index contributed by atoms with van der Waals surface area (Å²) in [6.45, 7) is 2.72. The van der Waals surface area contributed by atoms with Gasteiger partial charge < -0.3 is 20.8 Å². The molecule has 1 fully saturated rings. The van der Waals surface area contributed by atoms with Crippen molar-refractivity contribution in [2.24, 2.45) is 0 Å². The van der Waals surface area contributed by atoms with Gasteiger partial charge in [0.1, 0.15) is 0 Å². The van der Waals surface area contributed by atoms with E-state index in [2.05, 4.69) is 10.6 Å². The Hall–Kier alpha value is -1.83. The minimum absolute atomic E-state index is 0.0212. The van der Waals surface area contributed by atoms with Crippen molar-refractivity contribution in [1.29, 1.82) is 0 Å². The monoisotopic (exact) mass is 369 g/mol. The number of aliphatic hydroxyl groups excluding tert-OH is 1. The van der Waals surface area contributed by atoms with E-state index in [9.17, 15) is 14.7 Å². The smallest absolute Gasteiger partial charge is 0.317 e. The lowest BCUT2D eigenvalue weighted by molar-refractivity contribution is -0.139. The summed E-state index contributed by atoms with van der Waals surface area (Å²) in [6, 6.07) is 6.68. The molecule has 0 spiro atoms. The van der Waals surface area contributed by atoms with E-state index in [-0.39, 0.29) is 31.2 Å². The van der Waals surface area contributed by atoms with Crippen molar-refractivity contribution in [3.63, 3.8) is 0 Å². The first kappa shape index (κ1) is 19.5. The predicted octanol–water partition coefficient (Wildman–Crippen LogP) is 1.61. The van der Waals surface area contributed by atoms with Crippen molar-refractivity contribution in [2.75, 3.05) is 19.6 Å². The topological polar surface area (TPSA) is 102 Å². The van der Waals surface area contributed by atoms with Crippen molar-refractivity contribution in [2.45, 2.75) is 38.0 Å². The molecule has 1 aliphatic carbocycles. The van der Waals surface area contributed by atoms with Crippen molar-refractivity contribution in [3.05, 3.63) is 34.9 Å². The third-order valence-corrected chi connectivity index (χ3v) is 4.67. The fraction of sp³-hybridized carbons (Fsp3) is 0.529. The number of carbonyl (C=O) groups excluding carboxylic acids is 1. The number of carboxylic acids is 1. The van der Waals surface area contributed by atoms with Gasteiger partial charge in [0.25, 0.3) is 0 Å². The minimum atomic E-state index is -0.841. The molecule has 0 bridgehead atoms. The molecule has 1 saturated carbocycles. The first-order valence-electron chi connectivity index (χ1n) is 8.32. The Morgan fingerprint density at radius 3 is 2.52 bits per heavy atom. The van der Waals surface area contributed by atoms with Crippen molar-refractivity contribution in [3.8, 4) is 0 Å². The summed E-state index contributed by atoms with van der Waals surface area (Å²) in [5.74, 6) is -0.841. The van der Waals surface area contributed by atoms with E-state index in [1.165, 1.54) is 0 Å². The number of rotatable bonds is 8. The van der Waals surface area contributed by atoms with Gasteiger partial charge in [-0.2, -0.15) is 0 Å². The van der Waals surface area contributed by atoms with Gasteiger partial charge in [0.15, 0.2) is 0 Å². The van der Waals surface area contributed by atoms with Gasteiger partial charge in [-0.15, -0.1) is 0 Å². The van der Waals surface area contributed by atoms with Crippen LogP contribution < -0.4 is 10.6 Å². The molecule has 0 aliphatic heterocycles. The van der Waals surface area contributed by atoms with Crippen LogP contribution >= 0.6 is 11.6 Å². The average molecular weight is 370 g/mol. The zero-order chi connectivity index (χ0) is 18.4. The summed E-state index contributed by atoms with van der Waals surface area (Å²) in [4.78, 5) is 24.6. The van der Waals surface area contributed by atoms with Crippen LogP contribution in [0.5, 0.6) is 0 Å². The lowest BCUT2D eigenvalue weighted by Gasteiger charge is -2.42. The summed E-state index contributed by atoms with van der Waals surface area (Å²) < 4.78 is 0. The molecule has 2 amide bonds. The fourth-order valence-corrected chi connectivity index (χ4v) is 3.03. The number of hydrogen-bond donors (Lipinski definition) is 4. The molecule has 8 heteroatoms. The van der Waals surface area contributed by atoms with Crippen LogP contribution in [0.3, 0.4) is 0 Å². The number of likely N-dealkylation sites (N-methyl/N-ethyl adjacent to an activating group) is 1. The van der Waals surface area contributed by atoms with Gasteiger partial charge in [-0.1, -0.05) is 30.7 Å². The highest BCUT2D eigenvalue weighted by molar-refractivity contribution is 6.30. The normalized spacial score (nSPS) is 20.6. The van der Waals surface area contributed by atoms with Crippen LogP contribution in [0, 0.1) is 0 Å². The first-order chi connectivity index (χ1) is 11.9. The van der Waals surface area contributed by atoms with Gasteiger partial charge >= 0.3 is 12.0 Å². The quantitative estimate of drug-likeness (QED) is 0.557. The summed E-state index contributed by atoms with van der Waals surface area (Å²) in [5, 5.41) is 25.0. The van der Waals surface area contributed by atoms with Crippen molar-refractivity contribution < 1.29 is 19.8 Å². The number of benzene rings is 1. The highest BCUT2D eigenvalue weighted by atomic mass is 35.5. The summed E-state index contributed by atoms with van der Waals surface area (Å²) >= 11 is 5.80. The zero-order valence-electron chi connectivity index (χ0n) is 14.1. The number of urea groups is 1. The number of aliphatic hydroxyl groups is 1. The van der Waals surface area contributed by atoms with Crippen LogP contribution in [-0.4, -0.2) is 58.8 Å². The van der Waals surface area contributed by atoms with E-state index >= 15 is 0 Å². The molecule has 1 aromatic rings. The van der Waals surface area contributed by atoms with Gasteiger partial charge in [-0.25, -0.2) is 4.79 Å². The number of carboxylic acid groups (broad SMARTS) is 1. The molecule has 1 aromatic carbocycles. The molecule has 138 valence electrons. The molecule has 0 saturated heterocycles. The third-order valence-electron chi connectivity index (χ3n) is 4.42. The molecule has 25 heavy (non-hydrogen) atoms. The molecule has 0 aromatic heterocycles. The third kappa shape index (κ3) is 5.88. The molecular weight excluding hydrogens is 346 g/mol. The lowest BCUT2D eigenvalue weighted by Crippen LogP contribution is -2.56. The summed E-state index contributed by atoms with van der Waals surface area (Å²) in [6.07, 6.45) is 0.658. The standard InChI is InChI=1S/C17H24ClN3O4/c1-2-21(10-16(23)24)14-7-13(8-14)20-17(25)19-9-15(22)11-3-5-12(18)6-4-11/h3-6,13-15,22H,2,7-10H2,1H3,(H,23,24)(H2,19,20,25)/t13?,14?,15-/m1/s1. The van der Waals surface area contributed by atoms with Gasteiger partial charge in [-0.05, 0) is 37.1 Å². The zero-order valence-corrected chi connectivity index (χ0v) is 14.9. The van der Waals surface area contributed by atoms with E-state index in [1.54, 1.807) is 24.3 Å². The van der Waals surface area contributed by atoms with E-state index in [4.69, 9.17) is 16.7 Å². The van der Waals surface area contributed by atoms with Crippen LogP contribution in [0.4, 0.5) is 4.79 Å². The number of amides is 2. The Morgan fingerprint density at radius 1 is 1.32 bits per heavy atom. The van der Waals surface area contributed by atoms with Crippen LogP contribution in [0.15, 0.2) is 24.3 Å². The van der Waals surface area contributed by atoms with Gasteiger partial charge in [0.2, 0.25) is 0 Å². The largest absolute Gasteiger partial charge is 0.480 e. The van der Waals surface area contributed by atoms with Crippen LogP contribution in [0.25, 0.3) is 0 Å². The Morgan fingerprint density at radius 2 is 1.96 bits per heavy atom. The maximum atomic E-state index is 11.9. The number of aliphatic carboxylic acids is 1. The molecule has 1 atom stereocenters. The van der Waals surface area contributed by atoms with E-state index < -0.39 is 12.1 Å². The van der Waals surface area contributed by atoms with Crippen LogP contribution in [0.2, 0.25) is 5.02 Å². The Kier molecular flexibility index (Phi) is 7.04. The Balaban J connectivity index is 1.68. The maximum absolute atomic E-state index is 11.9. The average Bonchev–Trinajstić information content (AvgIpc) is 2.54. The van der Waals surface area contributed by atoms with Crippen LogP contribution in [-0.2, 0) is 4.79 Å². The molecule has 0 radical (unpaired) electrons. The SMILES string of the molecule is CCN(CC(=O)O)C1CC(NC(=O)NC[C@@H](O)c2ccc(Cl)cc2)C1. The Labute approximate surface area is 152 Å². The second-order valence-electron chi connectivity index (χ2n) is 6.20. The lowest BCUT2D eigenvalue weighted by atomic mass is 9.85. The molecule has 4 N–H and O–H groups in total. The van der Waals surface area contributed by atoms with Gasteiger partial charge in [-0.3, -0.25) is 9.69 Å². The van der Waals surface area contributed by atoms with E-state index in [0.717, 1.165) is 12.8 Å². The van der Waals surface area contributed by atoms with Crippen molar-refractivity contribution >= 4 is 23.6 Å². The number of hydrogen-bond acceptors (Lipinski definition) is 4. The second kappa shape index (κ2) is 9.03. The van der Waals surface area contributed by atoms with Crippen LogP contribution in [0.1, 0.15) is 31.4 Å². The molecule has 2 rings (SSSR count). The van der Waals surface area contributed by atoms with Gasteiger partial charge in [0, 0.05) is 23.7 Å². The molecule has 0 unspecified atom stereocenters. The minimum Gasteiger partial charge on any atom is -0.480 e. The predicted molar refractivity (Wildman–Crippen MR) is 94.6 cm³/mol. The molecular formula is C17H24ClN3O4. The summed E-state index contributed by atoms with van der Waals surface area (Å²) in [7, 11) is 0. The van der Waals surface area contributed by atoms with Crippen molar-refractivity contribution in [1.82, 2.24) is 15.5 Å². The van der Waals surface area contributed by atoms with Gasteiger partial charge in [0.05, 0.1) is 12.6 Å². The highest BCUT2D eigenvalue weighted by Crippen LogP contribution is 2.25. The second-order valence-corrected chi connectivity index (χ2v) is 6.64. The molecule has 0 heterocycles. The molecule has 1 aliphatic rings.